The average Bonchev–Trinajstić information content (AvgIpc) is 2.32. The van der Waals surface area contributed by atoms with Gasteiger partial charge in [-0.05, 0) is 45.5 Å². The van der Waals surface area contributed by atoms with Crippen molar-refractivity contribution in [3.63, 3.8) is 0 Å². The van der Waals surface area contributed by atoms with Crippen molar-refractivity contribution < 1.29 is 0 Å². The van der Waals surface area contributed by atoms with Crippen LogP contribution in [0.15, 0.2) is 22.7 Å². The maximum Gasteiger partial charge on any atom is 0.0473 e. The molecule has 1 aliphatic heterocycles. The van der Waals surface area contributed by atoms with Gasteiger partial charge in [0.25, 0.3) is 0 Å². The van der Waals surface area contributed by atoms with E-state index < -0.39 is 0 Å². The lowest BCUT2D eigenvalue weighted by atomic mass is 9.94. The highest BCUT2D eigenvalue weighted by atomic mass is 79.9. The van der Waals surface area contributed by atoms with Gasteiger partial charge in [-0.2, -0.15) is 0 Å². The van der Waals surface area contributed by atoms with Crippen LogP contribution in [0.25, 0.3) is 0 Å². The van der Waals surface area contributed by atoms with E-state index in [4.69, 9.17) is 5.73 Å². The maximum atomic E-state index is 5.90. The first-order valence-electron chi connectivity index (χ1n) is 6.79. The molecule has 1 atom stereocenters. The van der Waals surface area contributed by atoms with Crippen molar-refractivity contribution in [2.24, 2.45) is 5.73 Å². The van der Waals surface area contributed by atoms with E-state index in [1.807, 2.05) is 0 Å². The van der Waals surface area contributed by atoms with Gasteiger partial charge in [0.15, 0.2) is 0 Å². The van der Waals surface area contributed by atoms with Gasteiger partial charge in [0, 0.05) is 41.4 Å². The molecule has 1 aromatic rings. The maximum absolute atomic E-state index is 5.90. The molecule has 0 saturated carbocycles. The summed E-state index contributed by atoms with van der Waals surface area (Å²) in [5, 5.41) is 0. The van der Waals surface area contributed by atoms with E-state index >= 15 is 0 Å². The van der Waals surface area contributed by atoms with Crippen LogP contribution in [0.2, 0.25) is 0 Å². The molecule has 1 aromatic carbocycles. The monoisotopic (exact) mass is 325 g/mol. The topological polar surface area (TPSA) is 32.5 Å². The summed E-state index contributed by atoms with van der Waals surface area (Å²) in [6, 6.07) is 7.02. The Morgan fingerprint density at radius 3 is 2.68 bits per heavy atom. The Balaban J connectivity index is 2.32. The third-order valence-corrected chi connectivity index (χ3v) is 4.98. The number of hydrogen-bond acceptors (Lipinski definition) is 3. The number of likely N-dealkylation sites (N-methyl/N-ethyl adjacent to an activating group) is 1. The Morgan fingerprint density at radius 2 is 2.11 bits per heavy atom. The van der Waals surface area contributed by atoms with Crippen LogP contribution in [-0.4, -0.2) is 43.2 Å². The van der Waals surface area contributed by atoms with Gasteiger partial charge in [-0.15, -0.1) is 0 Å². The Morgan fingerprint density at radius 1 is 1.42 bits per heavy atom. The van der Waals surface area contributed by atoms with E-state index in [-0.39, 0.29) is 5.54 Å². The standard InChI is InChI=1S/C15H24BrN3/c1-11-5-6-12(7-14(11)16)19-9-13(8-17)18(4)10-15(19,2)3/h5-7,13H,8-10,17H2,1-4H3. The highest BCUT2D eigenvalue weighted by Gasteiger charge is 2.36. The molecule has 0 bridgehead atoms. The van der Waals surface area contributed by atoms with E-state index in [1.54, 1.807) is 0 Å². The fraction of sp³-hybridized carbons (Fsp3) is 0.600. The smallest absolute Gasteiger partial charge is 0.0473 e. The molecule has 19 heavy (non-hydrogen) atoms. The lowest BCUT2D eigenvalue weighted by molar-refractivity contribution is 0.155. The minimum Gasteiger partial charge on any atom is -0.363 e. The van der Waals surface area contributed by atoms with E-state index in [2.05, 4.69) is 71.7 Å². The molecule has 2 rings (SSSR count). The molecule has 4 heteroatoms. The molecule has 1 saturated heterocycles. The first-order valence-corrected chi connectivity index (χ1v) is 7.58. The summed E-state index contributed by atoms with van der Waals surface area (Å²) in [6.45, 7) is 9.42. The molecular formula is C15H24BrN3. The number of nitrogens with zero attached hydrogens (tertiary/aromatic N) is 2. The van der Waals surface area contributed by atoms with Crippen LogP contribution in [0.1, 0.15) is 19.4 Å². The van der Waals surface area contributed by atoms with Gasteiger partial charge in [0.2, 0.25) is 0 Å². The fourth-order valence-corrected chi connectivity index (χ4v) is 3.25. The second-order valence-electron chi connectivity index (χ2n) is 6.16. The molecule has 1 aliphatic rings. The number of anilines is 1. The van der Waals surface area contributed by atoms with Gasteiger partial charge >= 0.3 is 0 Å². The highest BCUT2D eigenvalue weighted by Crippen LogP contribution is 2.32. The van der Waals surface area contributed by atoms with E-state index in [9.17, 15) is 0 Å². The lowest BCUT2D eigenvalue weighted by Crippen LogP contribution is -2.64. The van der Waals surface area contributed by atoms with Crippen LogP contribution in [0.3, 0.4) is 0 Å². The number of benzene rings is 1. The zero-order chi connectivity index (χ0) is 14.2. The number of halogens is 1. The van der Waals surface area contributed by atoms with Crippen LogP contribution in [0.5, 0.6) is 0 Å². The van der Waals surface area contributed by atoms with Gasteiger partial charge in [-0.3, -0.25) is 4.90 Å². The van der Waals surface area contributed by atoms with Crippen molar-refractivity contribution in [2.45, 2.75) is 32.4 Å². The summed E-state index contributed by atoms with van der Waals surface area (Å²) in [4.78, 5) is 4.86. The molecule has 0 amide bonds. The Labute approximate surface area is 124 Å². The zero-order valence-corrected chi connectivity index (χ0v) is 13.9. The van der Waals surface area contributed by atoms with E-state index in [1.165, 1.54) is 15.7 Å². The average molecular weight is 326 g/mol. The van der Waals surface area contributed by atoms with Crippen LogP contribution >= 0.6 is 15.9 Å². The summed E-state index contributed by atoms with van der Waals surface area (Å²) in [5.74, 6) is 0. The molecule has 0 radical (unpaired) electrons. The molecule has 2 N–H and O–H groups in total. The van der Waals surface area contributed by atoms with Gasteiger partial charge in [0.1, 0.15) is 0 Å². The van der Waals surface area contributed by atoms with Gasteiger partial charge in [-0.1, -0.05) is 22.0 Å². The first kappa shape index (κ1) is 14.8. The second-order valence-corrected chi connectivity index (χ2v) is 7.02. The molecule has 3 nitrogen and oxygen atoms in total. The Bertz CT molecular complexity index is 459. The third-order valence-electron chi connectivity index (χ3n) is 4.12. The van der Waals surface area contributed by atoms with Crippen molar-refractivity contribution in [1.82, 2.24) is 4.90 Å². The third kappa shape index (κ3) is 2.96. The van der Waals surface area contributed by atoms with Gasteiger partial charge in [-0.25, -0.2) is 0 Å². The molecule has 106 valence electrons. The van der Waals surface area contributed by atoms with Crippen molar-refractivity contribution in [1.29, 1.82) is 0 Å². The number of nitrogens with two attached hydrogens (primary N) is 1. The normalized spacial score (nSPS) is 23.7. The number of hydrogen-bond donors (Lipinski definition) is 1. The minimum atomic E-state index is 0.120. The van der Waals surface area contributed by atoms with Gasteiger partial charge in [0.05, 0.1) is 0 Å². The van der Waals surface area contributed by atoms with E-state index in [0.29, 0.717) is 12.6 Å². The van der Waals surface area contributed by atoms with E-state index in [0.717, 1.165) is 13.1 Å². The van der Waals surface area contributed by atoms with Crippen LogP contribution in [-0.2, 0) is 0 Å². The summed E-state index contributed by atoms with van der Waals surface area (Å²) < 4.78 is 1.17. The second kappa shape index (κ2) is 5.43. The largest absolute Gasteiger partial charge is 0.363 e. The molecule has 1 heterocycles. The Kier molecular flexibility index (Phi) is 4.23. The summed E-state index contributed by atoms with van der Waals surface area (Å²) in [6.07, 6.45) is 0. The predicted octanol–water partition coefficient (Wildman–Crippen LogP) is 2.62. The van der Waals surface area contributed by atoms with Gasteiger partial charge < -0.3 is 10.6 Å². The van der Waals surface area contributed by atoms with Crippen molar-refractivity contribution in [2.75, 3.05) is 31.6 Å². The van der Waals surface area contributed by atoms with Crippen molar-refractivity contribution in [3.05, 3.63) is 28.2 Å². The number of aryl methyl sites for hydroxylation is 1. The number of piperazine rings is 1. The van der Waals surface area contributed by atoms with Crippen molar-refractivity contribution >= 4 is 21.6 Å². The molecule has 0 aromatic heterocycles. The molecule has 1 fully saturated rings. The fourth-order valence-electron chi connectivity index (χ4n) is 2.88. The molecule has 0 spiro atoms. The van der Waals surface area contributed by atoms with Crippen LogP contribution in [0.4, 0.5) is 5.69 Å². The van der Waals surface area contributed by atoms with Crippen LogP contribution in [0, 0.1) is 6.92 Å². The number of rotatable bonds is 2. The minimum absolute atomic E-state index is 0.120. The summed E-state index contributed by atoms with van der Waals surface area (Å²) >= 11 is 3.63. The molecular weight excluding hydrogens is 302 g/mol. The summed E-state index contributed by atoms with van der Waals surface area (Å²) in [7, 11) is 2.17. The lowest BCUT2D eigenvalue weighted by Gasteiger charge is -2.51. The van der Waals surface area contributed by atoms with Crippen molar-refractivity contribution in [3.8, 4) is 0 Å². The van der Waals surface area contributed by atoms with Crippen LogP contribution < -0.4 is 10.6 Å². The summed E-state index contributed by atoms with van der Waals surface area (Å²) in [5.41, 5.74) is 8.56. The quantitative estimate of drug-likeness (QED) is 0.907. The highest BCUT2D eigenvalue weighted by molar-refractivity contribution is 9.10. The Hall–Kier alpha value is -0.580. The molecule has 1 unspecified atom stereocenters. The molecule has 0 aliphatic carbocycles. The predicted molar refractivity (Wildman–Crippen MR) is 85.8 cm³/mol. The SMILES string of the molecule is Cc1ccc(N2CC(CN)N(C)CC2(C)C)cc1Br. The first-order chi connectivity index (χ1) is 8.85. The zero-order valence-electron chi connectivity index (χ0n) is 12.3.